The Hall–Kier alpha value is -1.03. The fourth-order valence-corrected chi connectivity index (χ4v) is 2.73. The Morgan fingerprint density at radius 3 is 3.00 bits per heavy atom. The van der Waals surface area contributed by atoms with E-state index in [1.54, 1.807) is 4.52 Å². The smallest absolute Gasteiger partial charge is 0.208 e. The molecule has 94 valence electrons. The van der Waals surface area contributed by atoms with Crippen LogP contribution in [0.2, 0.25) is 0 Å². The van der Waals surface area contributed by atoms with Gasteiger partial charge in [0, 0.05) is 32.4 Å². The number of rotatable bonds is 5. The molecule has 0 atom stereocenters. The minimum atomic E-state index is -3.35. The first-order valence-corrected chi connectivity index (χ1v) is 7.26. The van der Waals surface area contributed by atoms with Gasteiger partial charge in [0.05, 0.1) is 5.69 Å². The van der Waals surface area contributed by atoms with Crippen LogP contribution in [0.25, 0.3) is 4.96 Å². The highest BCUT2D eigenvalue weighted by atomic mass is 32.2. The summed E-state index contributed by atoms with van der Waals surface area (Å²) >= 11 is 1.49. The van der Waals surface area contributed by atoms with Crippen LogP contribution in [0, 0.1) is 0 Å². The second-order valence-electron chi connectivity index (χ2n) is 3.61. The minimum Gasteiger partial charge on any atom is -0.208 e. The molecule has 1 N–H and O–H groups in total. The van der Waals surface area contributed by atoms with Crippen LogP contribution in [-0.4, -0.2) is 48.0 Å². The number of thiazole rings is 1. The summed E-state index contributed by atoms with van der Waals surface area (Å²) in [7, 11) is -0.373. The van der Waals surface area contributed by atoms with Crippen LogP contribution < -0.4 is 4.72 Å². The van der Waals surface area contributed by atoms with Gasteiger partial charge in [-0.1, -0.05) is 0 Å². The number of fused-ring (bicyclic) bond motifs is 1. The van der Waals surface area contributed by atoms with Gasteiger partial charge >= 0.3 is 0 Å². The maximum absolute atomic E-state index is 11.5. The van der Waals surface area contributed by atoms with Gasteiger partial charge in [-0.2, -0.15) is 17.8 Å². The van der Waals surface area contributed by atoms with Gasteiger partial charge in [0.25, 0.3) is 10.2 Å². The summed E-state index contributed by atoms with van der Waals surface area (Å²) in [6, 6.07) is 0. The lowest BCUT2D eigenvalue weighted by Gasteiger charge is -2.11. The predicted octanol–water partition coefficient (Wildman–Crippen LogP) is -0.271. The summed E-state index contributed by atoms with van der Waals surface area (Å²) in [5.41, 5.74) is 0.948. The van der Waals surface area contributed by atoms with Gasteiger partial charge in [-0.15, -0.1) is 11.3 Å². The molecular weight excluding hydrogens is 262 g/mol. The predicted molar refractivity (Wildman–Crippen MR) is 65.2 cm³/mol. The largest absolute Gasteiger partial charge is 0.278 e. The van der Waals surface area contributed by atoms with E-state index in [1.165, 1.54) is 31.8 Å². The molecule has 2 aromatic heterocycles. The van der Waals surface area contributed by atoms with Crippen molar-refractivity contribution >= 4 is 26.5 Å². The van der Waals surface area contributed by atoms with E-state index in [0.717, 1.165) is 15.0 Å². The van der Waals surface area contributed by atoms with E-state index in [4.69, 9.17) is 0 Å². The number of aromatic nitrogens is 3. The van der Waals surface area contributed by atoms with Crippen molar-refractivity contribution in [3.05, 3.63) is 17.4 Å². The van der Waals surface area contributed by atoms with Crippen molar-refractivity contribution in [3.63, 3.8) is 0 Å². The Labute approximate surface area is 103 Å². The highest BCUT2D eigenvalue weighted by Crippen LogP contribution is 2.12. The summed E-state index contributed by atoms with van der Waals surface area (Å²) in [6.07, 6.45) is 2.07. The molecule has 0 aliphatic rings. The third-order valence-corrected chi connectivity index (χ3v) is 4.64. The Bertz CT molecular complexity index is 600. The second kappa shape index (κ2) is 4.69. The molecule has 2 rings (SSSR count). The molecule has 0 radical (unpaired) electrons. The molecule has 0 amide bonds. The van der Waals surface area contributed by atoms with Crippen LogP contribution >= 0.6 is 11.3 Å². The van der Waals surface area contributed by atoms with E-state index in [2.05, 4.69) is 14.8 Å². The zero-order chi connectivity index (χ0) is 12.5. The van der Waals surface area contributed by atoms with E-state index in [0.29, 0.717) is 13.0 Å². The second-order valence-corrected chi connectivity index (χ2v) is 6.42. The number of hydrogen-bond donors (Lipinski definition) is 1. The molecule has 0 fully saturated rings. The van der Waals surface area contributed by atoms with Crippen LogP contribution in [0.3, 0.4) is 0 Å². The first-order chi connectivity index (χ1) is 8.00. The fraction of sp³-hybridized carbons (Fsp3) is 0.500. The highest BCUT2D eigenvalue weighted by Gasteiger charge is 2.12. The zero-order valence-corrected chi connectivity index (χ0v) is 11.1. The average molecular weight is 275 g/mol. The molecule has 0 aliphatic carbocycles. The first kappa shape index (κ1) is 12.4. The molecule has 7 nitrogen and oxygen atoms in total. The third-order valence-electron chi connectivity index (χ3n) is 2.24. The van der Waals surface area contributed by atoms with Gasteiger partial charge in [-0.3, -0.25) is 0 Å². The molecule has 0 spiro atoms. The number of nitrogens with zero attached hydrogens (tertiary/aromatic N) is 4. The van der Waals surface area contributed by atoms with E-state index >= 15 is 0 Å². The molecule has 0 bridgehead atoms. The van der Waals surface area contributed by atoms with Gasteiger partial charge in [0.15, 0.2) is 0 Å². The molecule has 0 aromatic carbocycles. The molecule has 0 saturated heterocycles. The van der Waals surface area contributed by atoms with Gasteiger partial charge in [0.1, 0.15) is 6.33 Å². The van der Waals surface area contributed by atoms with Crippen LogP contribution in [0.4, 0.5) is 0 Å². The topological polar surface area (TPSA) is 79.6 Å². The summed E-state index contributed by atoms with van der Waals surface area (Å²) in [5.74, 6) is 0. The third kappa shape index (κ3) is 2.63. The van der Waals surface area contributed by atoms with Crippen molar-refractivity contribution in [1.82, 2.24) is 23.6 Å². The van der Waals surface area contributed by atoms with Crippen LogP contribution in [-0.2, 0) is 16.6 Å². The molecule has 0 unspecified atom stereocenters. The quantitative estimate of drug-likeness (QED) is 0.814. The summed E-state index contributed by atoms with van der Waals surface area (Å²) in [4.78, 5) is 4.86. The lowest BCUT2D eigenvalue weighted by atomic mass is 10.3. The lowest BCUT2D eigenvalue weighted by molar-refractivity contribution is 0.505. The summed E-state index contributed by atoms with van der Waals surface area (Å²) in [6.45, 7) is 0.339. The molecule has 2 aromatic rings. The van der Waals surface area contributed by atoms with E-state index in [9.17, 15) is 8.42 Å². The van der Waals surface area contributed by atoms with E-state index < -0.39 is 10.2 Å². The number of nitrogens with one attached hydrogen (secondary N) is 1. The van der Waals surface area contributed by atoms with Gasteiger partial charge in [-0.25, -0.2) is 14.2 Å². The Morgan fingerprint density at radius 1 is 1.53 bits per heavy atom. The van der Waals surface area contributed by atoms with Crippen molar-refractivity contribution in [2.45, 2.75) is 6.42 Å². The standard InChI is InChI=1S/C8H13N5O2S2/c1-12(2)17(14,15)11-4-3-7-5-16-8-9-6-10-13(7)8/h5-6,11H,3-4H2,1-2H3. The zero-order valence-electron chi connectivity index (χ0n) is 9.49. The van der Waals surface area contributed by atoms with Crippen LogP contribution in [0.1, 0.15) is 5.69 Å². The molecular formula is C8H13N5O2S2. The normalized spacial score (nSPS) is 12.6. The maximum atomic E-state index is 11.5. The fourth-order valence-electron chi connectivity index (χ4n) is 1.28. The van der Waals surface area contributed by atoms with Gasteiger partial charge in [-0.05, 0) is 0 Å². The van der Waals surface area contributed by atoms with Gasteiger partial charge in [0.2, 0.25) is 4.96 Å². The van der Waals surface area contributed by atoms with E-state index in [-0.39, 0.29) is 0 Å². The highest BCUT2D eigenvalue weighted by molar-refractivity contribution is 7.87. The van der Waals surface area contributed by atoms with Crippen molar-refractivity contribution in [3.8, 4) is 0 Å². The summed E-state index contributed by atoms with van der Waals surface area (Å²) in [5, 5.41) is 5.99. The average Bonchev–Trinajstić information content (AvgIpc) is 2.81. The minimum absolute atomic E-state index is 0.339. The monoisotopic (exact) mass is 275 g/mol. The Morgan fingerprint density at radius 2 is 2.29 bits per heavy atom. The molecule has 9 heteroatoms. The van der Waals surface area contributed by atoms with Gasteiger partial charge < -0.3 is 0 Å². The summed E-state index contributed by atoms with van der Waals surface area (Å²) < 4.78 is 28.3. The molecule has 2 heterocycles. The molecule has 17 heavy (non-hydrogen) atoms. The lowest BCUT2D eigenvalue weighted by Crippen LogP contribution is -2.36. The Kier molecular flexibility index (Phi) is 3.43. The Balaban J connectivity index is 1.98. The first-order valence-electron chi connectivity index (χ1n) is 4.94. The van der Waals surface area contributed by atoms with Crippen LogP contribution in [0.15, 0.2) is 11.7 Å². The molecule has 0 saturated carbocycles. The van der Waals surface area contributed by atoms with Crippen molar-refractivity contribution in [1.29, 1.82) is 0 Å². The van der Waals surface area contributed by atoms with E-state index in [1.807, 2.05) is 5.38 Å². The van der Waals surface area contributed by atoms with Crippen molar-refractivity contribution < 1.29 is 8.42 Å². The van der Waals surface area contributed by atoms with Crippen molar-refractivity contribution in [2.24, 2.45) is 0 Å². The number of hydrogen-bond acceptors (Lipinski definition) is 5. The molecule has 0 aliphatic heterocycles. The van der Waals surface area contributed by atoms with Crippen molar-refractivity contribution in [2.75, 3.05) is 20.6 Å². The SMILES string of the molecule is CN(C)S(=O)(=O)NCCc1csc2ncnn12. The maximum Gasteiger partial charge on any atom is 0.278 e. The van der Waals surface area contributed by atoms with Crippen LogP contribution in [0.5, 0.6) is 0 Å².